The van der Waals surface area contributed by atoms with Crippen LogP contribution in [-0.4, -0.2) is 73.6 Å². The van der Waals surface area contributed by atoms with Crippen molar-refractivity contribution in [3.63, 3.8) is 0 Å². The monoisotopic (exact) mass is 470 g/mol. The maximum atomic E-state index is 12.2. The summed E-state index contributed by atoms with van der Waals surface area (Å²) in [7, 11) is 0. The third-order valence-corrected chi connectivity index (χ3v) is 4.49. The van der Waals surface area contributed by atoms with E-state index in [0.717, 1.165) is 6.07 Å². The van der Waals surface area contributed by atoms with Gasteiger partial charge < -0.3 is 26.2 Å². The number of nitro groups is 1. The quantitative estimate of drug-likeness (QED) is 0.130. The number of amides is 2. The zero-order valence-corrected chi connectivity index (χ0v) is 17.1. The second-order valence-electron chi connectivity index (χ2n) is 6.34. The highest BCUT2D eigenvalue weighted by atomic mass is 32.1. The Morgan fingerprint density at radius 2 is 1.84 bits per heavy atom. The highest BCUT2D eigenvalue weighted by molar-refractivity contribution is 7.80. The van der Waals surface area contributed by atoms with E-state index in [-0.39, 0.29) is 41.0 Å². The molecular weight excluding hydrogens is 452 g/mol. The lowest BCUT2D eigenvalue weighted by molar-refractivity contribution is -0.383. The largest absolute Gasteiger partial charge is 0.480 e. The molecule has 2 rings (SSSR count). The molecular formula is C16H18N6O9S. The van der Waals surface area contributed by atoms with E-state index in [4.69, 9.17) is 5.11 Å². The van der Waals surface area contributed by atoms with Crippen LogP contribution in [-0.2, 0) is 19.2 Å². The van der Waals surface area contributed by atoms with Gasteiger partial charge in [0.05, 0.1) is 10.6 Å². The van der Waals surface area contributed by atoms with Gasteiger partial charge >= 0.3 is 17.6 Å². The van der Waals surface area contributed by atoms with Gasteiger partial charge in [0, 0.05) is 18.2 Å². The number of carbonyl (C=O) groups excluding carboxylic acids is 2. The molecule has 5 N–H and O–H groups in total. The number of benzene rings is 1. The Kier molecular flexibility index (Phi) is 8.28. The van der Waals surface area contributed by atoms with Crippen LogP contribution in [0.4, 0.5) is 11.4 Å². The number of aliphatic carboxylic acids is 2. The Hall–Kier alpha value is -3.95. The first-order chi connectivity index (χ1) is 15.1. The van der Waals surface area contributed by atoms with E-state index in [1.165, 1.54) is 6.07 Å². The second-order valence-corrected chi connectivity index (χ2v) is 6.70. The molecule has 2 atom stereocenters. The summed E-state index contributed by atoms with van der Waals surface area (Å²) >= 11 is 3.93. The highest BCUT2D eigenvalue weighted by Crippen LogP contribution is 2.29. The molecule has 32 heavy (non-hydrogen) atoms. The van der Waals surface area contributed by atoms with Crippen molar-refractivity contribution < 1.29 is 38.9 Å². The maximum Gasteiger partial charge on any atom is 0.326 e. The van der Waals surface area contributed by atoms with Gasteiger partial charge in [0.15, 0.2) is 5.52 Å². The molecule has 16 heteroatoms. The van der Waals surface area contributed by atoms with Crippen molar-refractivity contribution in [1.82, 2.24) is 20.9 Å². The van der Waals surface area contributed by atoms with Crippen LogP contribution in [0.5, 0.6) is 0 Å². The molecule has 0 aliphatic carbocycles. The predicted octanol–water partition coefficient (Wildman–Crippen LogP) is -0.608. The Morgan fingerprint density at radius 1 is 1.16 bits per heavy atom. The van der Waals surface area contributed by atoms with Crippen LogP contribution in [0.2, 0.25) is 0 Å². The molecule has 0 radical (unpaired) electrons. The number of carbonyl (C=O) groups is 4. The number of non-ortho nitro benzene ring substituents is 1. The molecule has 2 aromatic rings. The summed E-state index contributed by atoms with van der Waals surface area (Å²) in [4.78, 5) is 56.5. The predicted molar refractivity (Wildman–Crippen MR) is 109 cm³/mol. The van der Waals surface area contributed by atoms with Crippen LogP contribution in [0, 0.1) is 10.1 Å². The van der Waals surface area contributed by atoms with Gasteiger partial charge in [-0.1, -0.05) is 0 Å². The number of nitrogens with one attached hydrogen (secondary N) is 3. The first-order valence-electron chi connectivity index (χ1n) is 8.92. The highest BCUT2D eigenvalue weighted by Gasteiger charge is 2.25. The average molecular weight is 470 g/mol. The third-order valence-electron chi connectivity index (χ3n) is 4.13. The fourth-order valence-corrected chi connectivity index (χ4v) is 2.84. The van der Waals surface area contributed by atoms with Crippen molar-refractivity contribution in [3.8, 4) is 0 Å². The molecule has 0 saturated carbocycles. The first-order valence-corrected chi connectivity index (χ1v) is 9.56. The molecule has 0 saturated heterocycles. The van der Waals surface area contributed by atoms with Crippen LogP contribution in [0.15, 0.2) is 16.8 Å². The normalized spacial score (nSPS) is 12.5. The van der Waals surface area contributed by atoms with Crippen molar-refractivity contribution in [2.45, 2.75) is 24.9 Å². The van der Waals surface area contributed by atoms with E-state index in [0.29, 0.717) is 0 Å². The van der Waals surface area contributed by atoms with E-state index in [1.54, 1.807) is 0 Å². The van der Waals surface area contributed by atoms with Crippen LogP contribution in [0.1, 0.15) is 12.8 Å². The lowest BCUT2D eigenvalue weighted by atomic mass is 10.1. The van der Waals surface area contributed by atoms with E-state index < -0.39 is 47.3 Å². The fraction of sp³-hybridized carbons (Fsp3) is 0.375. The lowest BCUT2D eigenvalue weighted by Gasteiger charge is -2.18. The van der Waals surface area contributed by atoms with Gasteiger partial charge in [-0.05, 0) is 22.8 Å². The molecule has 172 valence electrons. The molecule has 0 bridgehead atoms. The molecule has 2 amide bonds. The number of hydrogen-bond donors (Lipinski definition) is 6. The summed E-state index contributed by atoms with van der Waals surface area (Å²) < 4.78 is 4.51. The molecule has 0 spiro atoms. The van der Waals surface area contributed by atoms with E-state index in [1.807, 2.05) is 0 Å². The van der Waals surface area contributed by atoms with Crippen molar-refractivity contribution in [1.29, 1.82) is 0 Å². The average Bonchev–Trinajstić information content (AvgIpc) is 3.22. The number of fused-ring (bicyclic) bond motifs is 1. The minimum absolute atomic E-state index is 0.0554. The maximum absolute atomic E-state index is 12.2. The summed E-state index contributed by atoms with van der Waals surface area (Å²) in [6.45, 7) is -0.634. The Balaban J connectivity index is 2.02. The van der Waals surface area contributed by atoms with Crippen molar-refractivity contribution in [2.75, 3.05) is 17.6 Å². The molecule has 0 unspecified atom stereocenters. The minimum Gasteiger partial charge on any atom is -0.480 e. The van der Waals surface area contributed by atoms with Gasteiger partial charge in [0.1, 0.15) is 18.6 Å². The molecule has 1 aromatic carbocycles. The van der Waals surface area contributed by atoms with Crippen molar-refractivity contribution in [2.24, 2.45) is 0 Å². The third kappa shape index (κ3) is 6.27. The minimum atomic E-state index is -1.31. The number of anilines is 1. The van der Waals surface area contributed by atoms with Gasteiger partial charge in [-0.15, -0.1) is 0 Å². The Bertz CT molecular complexity index is 1040. The van der Waals surface area contributed by atoms with Crippen LogP contribution in [0.25, 0.3) is 11.0 Å². The summed E-state index contributed by atoms with van der Waals surface area (Å²) in [5.74, 6) is -4.11. The molecule has 1 aromatic heterocycles. The summed E-state index contributed by atoms with van der Waals surface area (Å²) in [6.07, 6.45) is -0.533. The fourth-order valence-electron chi connectivity index (χ4n) is 2.58. The molecule has 15 nitrogen and oxygen atoms in total. The standard InChI is InChI=1S/C16H18N6O9S/c23-11(19-9(6-32)15(26)17-5-12(24)25)4-2-8(16(27)28)18-7-1-3-10(22(29)30)14-13(7)20-31-21-14/h1,3,8-9,18,32H,2,4-6H2,(H,17,26)(H,19,23)(H,24,25)(H,27,28)/t8-,9-/m0/s1. The zero-order valence-electron chi connectivity index (χ0n) is 16.2. The number of rotatable bonds is 12. The van der Waals surface area contributed by atoms with E-state index in [9.17, 15) is 34.4 Å². The SMILES string of the molecule is O=C(O)CNC(=O)[C@H](CS)NC(=O)CC[C@H](Nc1ccc([N+](=O)[O-])c2nonc12)C(=O)O. The second kappa shape index (κ2) is 10.9. The molecule has 0 fully saturated rings. The van der Waals surface area contributed by atoms with E-state index >= 15 is 0 Å². The van der Waals surface area contributed by atoms with Gasteiger partial charge in [0.2, 0.25) is 17.3 Å². The van der Waals surface area contributed by atoms with Gasteiger partial charge in [-0.25, -0.2) is 9.42 Å². The van der Waals surface area contributed by atoms with Gasteiger partial charge in [-0.3, -0.25) is 24.5 Å². The van der Waals surface area contributed by atoms with E-state index in [2.05, 4.69) is 43.5 Å². The molecule has 1 heterocycles. The number of carboxylic acid groups (broad SMARTS) is 2. The van der Waals surface area contributed by atoms with Gasteiger partial charge in [-0.2, -0.15) is 12.6 Å². The number of nitrogens with zero attached hydrogens (tertiary/aromatic N) is 3. The van der Waals surface area contributed by atoms with Crippen LogP contribution in [0.3, 0.4) is 0 Å². The topological polar surface area (TPSA) is 227 Å². The Morgan fingerprint density at radius 3 is 2.44 bits per heavy atom. The smallest absolute Gasteiger partial charge is 0.326 e. The molecule has 0 aliphatic rings. The Labute approximate surface area is 184 Å². The number of thiol groups is 1. The molecule has 0 aliphatic heterocycles. The number of aromatic nitrogens is 2. The zero-order chi connectivity index (χ0) is 23.8. The summed E-state index contributed by atoms with van der Waals surface area (Å²) in [5, 5.41) is 43.1. The lowest BCUT2D eigenvalue weighted by Crippen LogP contribution is -2.49. The summed E-state index contributed by atoms with van der Waals surface area (Å²) in [6, 6.07) is -0.0629. The van der Waals surface area contributed by atoms with Crippen molar-refractivity contribution >= 4 is 58.8 Å². The first kappa shape index (κ1) is 24.3. The summed E-state index contributed by atoms with van der Waals surface area (Å²) in [5.41, 5.74) is -0.510. The number of nitro benzene ring substituents is 1. The number of hydrogen-bond acceptors (Lipinski definition) is 11. The number of carboxylic acids is 2. The van der Waals surface area contributed by atoms with Crippen LogP contribution < -0.4 is 16.0 Å². The van der Waals surface area contributed by atoms with Gasteiger partial charge in [0.25, 0.3) is 0 Å². The van der Waals surface area contributed by atoms with Crippen LogP contribution >= 0.6 is 12.6 Å². The van der Waals surface area contributed by atoms with Crippen molar-refractivity contribution in [3.05, 3.63) is 22.2 Å².